The van der Waals surface area contributed by atoms with E-state index in [1.807, 2.05) is 42.5 Å². The second-order valence-corrected chi connectivity index (χ2v) is 8.54. The summed E-state index contributed by atoms with van der Waals surface area (Å²) in [4.78, 5) is 2.23. The van der Waals surface area contributed by atoms with Gasteiger partial charge in [0.05, 0.1) is 25.3 Å². The molecule has 1 atom stereocenters. The molecule has 3 aromatic carbocycles. The first-order chi connectivity index (χ1) is 16.5. The number of rotatable bonds is 10. The van der Waals surface area contributed by atoms with Gasteiger partial charge < -0.3 is 19.1 Å². The van der Waals surface area contributed by atoms with E-state index in [2.05, 4.69) is 18.0 Å². The number of methoxy groups -OCH3 is 1. The molecule has 0 spiro atoms. The number of ether oxygens (including phenoxy) is 3. The topological polar surface area (TPSA) is 54.7 Å². The number of fused-ring (bicyclic) bond motifs is 1. The van der Waals surface area contributed by atoms with Gasteiger partial charge in [-0.15, -0.1) is 0 Å². The summed E-state index contributed by atoms with van der Waals surface area (Å²) in [6.45, 7) is 2.65. The summed E-state index contributed by atoms with van der Waals surface area (Å²) in [7, 11) is 3.71. The van der Waals surface area contributed by atoms with E-state index in [-0.39, 0.29) is 5.82 Å². The molecule has 0 aliphatic carbocycles. The Hall–Kier alpha value is -3.40. The zero-order chi connectivity index (χ0) is 24.0. The predicted octanol–water partition coefficient (Wildman–Crippen LogP) is 5.27. The van der Waals surface area contributed by atoms with Crippen molar-refractivity contribution in [3.63, 3.8) is 0 Å². The van der Waals surface area contributed by atoms with Gasteiger partial charge in [-0.05, 0) is 79.5 Å². The molecule has 0 bridgehead atoms. The van der Waals surface area contributed by atoms with Crippen molar-refractivity contribution >= 4 is 0 Å². The molecule has 3 aromatic rings. The van der Waals surface area contributed by atoms with E-state index in [0.717, 1.165) is 54.1 Å². The van der Waals surface area contributed by atoms with Crippen LogP contribution in [0.25, 0.3) is 0 Å². The molecule has 0 amide bonds. The average molecular weight is 461 g/mol. The molecule has 0 aromatic heterocycles. The van der Waals surface area contributed by atoms with Crippen LogP contribution in [0.1, 0.15) is 35.1 Å². The Morgan fingerprint density at radius 2 is 1.85 bits per heavy atom. The standard InChI is InChI=1S/C28H29FN2O3/c1-31(15-16-33-26-6-3-5-25(18-26)32-2)14-4-13-28(23-8-10-24(29)11-9-23)27-12-7-21(19-30)17-22(27)20-34-28/h3,5-12,17-18H,4,13-16,20H2,1-2H3. The molecule has 0 saturated carbocycles. The zero-order valence-corrected chi connectivity index (χ0v) is 19.6. The summed E-state index contributed by atoms with van der Waals surface area (Å²) in [5.41, 5.74) is 2.98. The van der Waals surface area contributed by atoms with Crippen molar-refractivity contribution in [3.05, 3.63) is 94.8 Å². The van der Waals surface area contributed by atoms with E-state index < -0.39 is 5.60 Å². The van der Waals surface area contributed by atoms with Crippen molar-refractivity contribution in [1.82, 2.24) is 4.90 Å². The molecule has 1 aliphatic heterocycles. The maximum Gasteiger partial charge on any atom is 0.123 e. The lowest BCUT2D eigenvalue weighted by Crippen LogP contribution is -2.30. The lowest BCUT2D eigenvalue weighted by molar-refractivity contribution is -0.0143. The lowest BCUT2D eigenvalue weighted by Gasteiger charge is -2.31. The van der Waals surface area contributed by atoms with Crippen LogP contribution in [-0.4, -0.2) is 38.8 Å². The van der Waals surface area contributed by atoms with Crippen LogP contribution in [0, 0.1) is 17.1 Å². The number of nitriles is 1. The van der Waals surface area contributed by atoms with Gasteiger partial charge in [0.2, 0.25) is 0 Å². The first kappa shape index (κ1) is 23.7. The van der Waals surface area contributed by atoms with Crippen LogP contribution in [-0.2, 0) is 16.9 Å². The van der Waals surface area contributed by atoms with Gasteiger partial charge in [0, 0.05) is 12.6 Å². The lowest BCUT2D eigenvalue weighted by atomic mass is 9.81. The summed E-state index contributed by atoms with van der Waals surface area (Å²) in [5, 5.41) is 9.26. The highest BCUT2D eigenvalue weighted by molar-refractivity contribution is 5.48. The van der Waals surface area contributed by atoms with Crippen LogP contribution in [0.3, 0.4) is 0 Å². The highest BCUT2D eigenvalue weighted by Gasteiger charge is 2.41. The van der Waals surface area contributed by atoms with Crippen LogP contribution < -0.4 is 9.47 Å². The Labute approximate surface area is 200 Å². The number of nitrogens with zero attached hydrogens (tertiary/aromatic N) is 2. The largest absolute Gasteiger partial charge is 0.497 e. The second-order valence-electron chi connectivity index (χ2n) is 8.54. The van der Waals surface area contributed by atoms with E-state index in [1.54, 1.807) is 19.2 Å². The third kappa shape index (κ3) is 5.22. The molecule has 1 aliphatic rings. The summed E-state index contributed by atoms with van der Waals surface area (Å²) in [6.07, 6.45) is 1.63. The van der Waals surface area contributed by atoms with Crippen LogP contribution in [0.4, 0.5) is 4.39 Å². The molecule has 0 fully saturated rings. The Kier molecular flexibility index (Phi) is 7.46. The van der Waals surface area contributed by atoms with Crippen molar-refractivity contribution in [1.29, 1.82) is 5.26 Å². The molecule has 5 nitrogen and oxygen atoms in total. The van der Waals surface area contributed by atoms with E-state index in [9.17, 15) is 9.65 Å². The Morgan fingerprint density at radius 3 is 2.62 bits per heavy atom. The van der Waals surface area contributed by atoms with Gasteiger partial charge in [-0.25, -0.2) is 4.39 Å². The van der Waals surface area contributed by atoms with Gasteiger partial charge >= 0.3 is 0 Å². The molecule has 0 N–H and O–H groups in total. The third-order valence-corrected chi connectivity index (χ3v) is 6.31. The van der Waals surface area contributed by atoms with Gasteiger partial charge in [0.25, 0.3) is 0 Å². The Balaban J connectivity index is 1.39. The van der Waals surface area contributed by atoms with Crippen LogP contribution in [0.2, 0.25) is 0 Å². The van der Waals surface area contributed by atoms with E-state index in [4.69, 9.17) is 14.2 Å². The molecule has 1 unspecified atom stereocenters. The maximum absolute atomic E-state index is 13.6. The molecule has 0 radical (unpaired) electrons. The number of likely N-dealkylation sites (N-methyl/N-ethyl adjacent to an activating group) is 1. The SMILES string of the molecule is COc1cccc(OCCN(C)CCCC2(c3ccc(F)cc3)OCc3cc(C#N)ccc32)c1. The predicted molar refractivity (Wildman–Crippen MR) is 128 cm³/mol. The summed E-state index contributed by atoms with van der Waals surface area (Å²) >= 11 is 0. The fourth-order valence-corrected chi connectivity index (χ4v) is 4.48. The van der Waals surface area contributed by atoms with Gasteiger partial charge in [0.15, 0.2) is 0 Å². The molecular formula is C28H29FN2O3. The van der Waals surface area contributed by atoms with Crippen molar-refractivity contribution < 1.29 is 18.6 Å². The Bertz CT molecular complexity index is 1160. The number of hydrogen-bond donors (Lipinski definition) is 0. The molecule has 1 heterocycles. The van der Waals surface area contributed by atoms with Crippen molar-refractivity contribution in [2.45, 2.75) is 25.0 Å². The third-order valence-electron chi connectivity index (χ3n) is 6.31. The smallest absolute Gasteiger partial charge is 0.123 e. The van der Waals surface area contributed by atoms with Crippen molar-refractivity contribution in [2.75, 3.05) is 33.9 Å². The van der Waals surface area contributed by atoms with E-state index in [0.29, 0.717) is 18.8 Å². The van der Waals surface area contributed by atoms with Crippen LogP contribution >= 0.6 is 0 Å². The molecule has 6 heteroatoms. The van der Waals surface area contributed by atoms with Crippen molar-refractivity contribution in [2.24, 2.45) is 0 Å². The summed E-state index contributed by atoms with van der Waals surface area (Å²) in [5.74, 6) is 1.29. The van der Waals surface area contributed by atoms with E-state index >= 15 is 0 Å². The Morgan fingerprint density at radius 1 is 1.06 bits per heavy atom. The van der Waals surface area contributed by atoms with Crippen LogP contribution in [0.5, 0.6) is 11.5 Å². The normalized spacial score (nSPS) is 16.8. The van der Waals surface area contributed by atoms with E-state index in [1.165, 1.54) is 12.1 Å². The van der Waals surface area contributed by atoms with Gasteiger partial charge in [-0.2, -0.15) is 5.26 Å². The van der Waals surface area contributed by atoms with Crippen molar-refractivity contribution in [3.8, 4) is 17.6 Å². The minimum absolute atomic E-state index is 0.271. The molecule has 176 valence electrons. The summed E-state index contributed by atoms with van der Waals surface area (Å²) < 4.78 is 31.1. The summed E-state index contributed by atoms with van der Waals surface area (Å²) in [6, 6.07) is 22.0. The monoisotopic (exact) mass is 460 g/mol. The quantitative estimate of drug-likeness (QED) is 0.413. The fraction of sp³-hybridized carbons (Fsp3) is 0.321. The second kappa shape index (κ2) is 10.7. The molecule has 4 rings (SSSR count). The highest BCUT2D eigenvalue weighted by atomic mass is 19.1. The number of halogens is 1. The zero-order valence-electron chi connectivity index (χ0n) is 19.6. The van der Waals surface area contributed by atoms with Gasteiger partial charge in [0.1, 0.15) is 29.5 Å². The fourth-order valence-electron chi connectivity index (χ4n) is 4.48. The highest BCUT2D eigenvalue weighted by Crippen LogP contribution is 2.45. The average Bonchev–Trinajstić information content (AvgIpc) is 3.23. The molecule has 34 heavy (non-hydrogen) atoms. The van der Waals surface area contributed by atoms with Gasteiger partial charge in [-0.1, -0.05) is 24.3 Å². The number of benzene rings is 3. The first-order valence-corrected chi connectivity index (χ1v) is 11.4. The number of hydrogen-bond acceptors (Lipinski definition) is 5. The first-order valence-electron chi connectivity index (χ1n) is 11.4. The maximum atomic E-state index is 13.6. The molecular weight excluding hydrogens is 431 g/mol. The van der Waals surface area contributed by atoms with Gasteiger partial charge in [-0.3, -0.25) is 0 Å². The minimum Gasteiger partial charge on any atom is -0.497 e. The minimum atomic E-state index is -0.644. The van der Waals surface area contributed by atoms with Crippen LogP contribution in [0.15, 0.2) is 66.7 Å². The molecule has 0 saturated heterocycles.